The number of nitrogens with two attached hydrogens (primary N) is 1. The molecule has 1 amide bonds. The first-order valence-corrected chi connectivity index (χ1v) is 3.45. The van der Waals surface area contributed by atoms with Gasteiger partial charge in [0.05, 0.1) is 5.69 Å². The molecule has 0 aliphatic heterocycles. The van der Waals surface area contributed by atoms with Gasteiger partial charge in [0.15, 0.2) is 0 Å². The highest BCUT2D eigenvalue weighted by Crippen LogP contribution is 2.12. The van der Waals surface area contributed by atoms with Crippen LogP contribution >= 0.6 is 0 Å². The maximum absolute atomic E-state index is 10.4. The molecule has 1 aromatic rings. The van der Waals surface area contributed by atoms with E-state index in [4.69, 9.17) is 10.9 Å². The minimum atomic E-state index is -1.17. The molecule has 1 aromatic carbocycles. The van der Waals surface area contributed by atoms with Crippen molar-refractivity contribution in [1.29, 1.82) is 0 Å². The van der Waals surface area contributed by atoms with Gasteiger partial charge in [-0.25, -0.2) is 15.6 Å². The summed E-state index contributed by atoms with van der Waals surface area (Å²) in [6, 6.07) is 6.97. The van der Waals surface area contributed by atoms with Crippen LogP contribution < -0.4 is 10.9 Å². The summed E-state index contributed by atoms with van der Waals surface area (Å²) in [6.45, 7) is 1.87. The Hall–Kier alpha value is -1.55. The van der Waals surface area contributed by atoms with E-state index in [2.05, 4.69) is 0 Å². The lowest BCUT2D eigenvalue weighted by Gasteiger charge is -2.12. The number of anilines is 1. The van der Waals surface area contributed by atoms with Gasteiger partial charge in [-0.3, -0.25) is 0 Å². The number of hydrogen-bond acceptors (Lipinski definition) is 2. The van der Waals surface area contributed by atoms with E-state index in [-0.39, 0.29) is 0 Å². The number of nitrogens with zero attached hydrogens (tertiary/aromatic N) is 1. The second-order valence-electron chi connectivity index (χ2n) is 2.49. The second-order valence-corrected chi connectivity index (χ2v) is 2.49. The predicted molar refractivity (Wildman–Crippen MR) is 45.9 cm³/mol. The van der Waals surface area contributed by atoms with Crippen LogP contribution in [0, 0.1) is 6.92 Å². The molecule has 0 saturated carbocycles. The highest BCUT2D eigenvalue weighted by molar-refractivity contribution is 5.84. The molecule has 1 rings (SSSR count). The molecule has 4 nitrogen and oxygen atoms in total. The van der Waals surface area contributed by atoms with Crippen molar-refractivity contribution in [1.82, 2.24) is 0 Å². The zero-order valence-corrected chi connectivity index (χ0v) is 6.69. The normalized spacial score (nSPS) is 9.50. The molecule has 3 N–H and O–H groups in total. The van der Waals surface area contributed by atoms with Gasteiger partial charge in [0.25, 0.3) is 0 Å². The average Bonchev–Trinajstić information content (AvgIpc) is 2.03. The van der Waals surface area contributed by atoms with Crippen LogP contribution in [0.15, 0.2) is 24.3 Å². The molecule has 0 aromatic heterocycles. The molecule has 12 heavy (non-hydrogen) atoms. The summed E-state index contributed by atoms with van der Waals surface area (Å²) < 4.78 is 0. The fourth-order valence-electron chi connectivity index (χ4n) is 0.888. The van der Waals surface area contributed by atoms with Crippen molar-refractivity contribution in [3.8, 4) is 0 Å². The molecule has 0 fully saturated rings. The van der Waals surface area contributed by atoms with Crippen LogP contribution in [0.1, 0.15) is 5.56 Å². The number of carbonyl (C=O) groups is 1. The van der Waals surface area contributed by atoms with E-state index in [0.717, 1.165) is 5.56 Å². The molecule has 0 heterocycles. The van der Waals surface area contributed by atoms with E-state index in [1.54, 1.807) is 18.2 Å². The van der Waals surface area contributed by atoms with Crippen molar-refractivity contribution in [2.24, 2.45) is 5.84 Å². The monoisotopic (exact) mass is 166 g/mol. The maximum Gasteiger partial charge on any atom is 0.426 e. The summed E-state index contributed by atoms with van der Waals surface area (Å²) in [4.78, 5) is 10.4. The van der Waals surface area contributed by atoms with Gasteiger partial charge in [-0.2, -0.15) is 0 Å². The molecule has 0 radical (unpaired) electrons. The lowest BCUT2D eigenvalue weighted by Crippen LogP contribution is -2.35. The first kappa shape index (κ1) is 8.55. The predicted octanol–water partition coefficient (Wildman–Crippen LogP) is 1.35. The van der Waals surface area contributed by atoms with Crippen molar-refractivity contribution in [2.75, 3.05) is 5.01 Å². The molecule has 4 heteroatoms. The Bertz CT molecular complexity index is 299. The van der Waals surface area contributed by atoms with E-state index < -0.39 is 6.09 Å². The van der Waals surface area contributed by atoms with E-state index >= 15 is 0 Å². The van der Waals surface area contributed by atoms with Crippen LogP contribution in [-0.2, 0) is 0 Å². The summed E-state index contributed by atoms with van der Waals surface area (Å²) in [6.07, 6.45) is -1.17. The van der Waals surface area contributed by atoms with Crippen LogP contribution in [0.25, 0.3) is 0 Å². The number of carboxylic acid groups (broad SMARTS) is 1. The molecular weight excluding hydrogens is 156 g/mol. The highest BCUT2D eigenvalue weighted by atomic mass is 16.4. The maximum atomic E-state index is 10.4. The van der Waals surface area contributed by atoms with E-state index in [9.17, 15) is 4.79 Å². The van der Waals surface area contributed by atoms with Crippen LogP contribution in [0.3, 0.4) is 0 Å². The van der Waals surface area contributed by atoms with E-state index in [1.807, 2.05) is 13.0 Å². The Morgan fingerprint density at radius 1 is 1.58 bits per heavy atom. The van der Waals surface area contributed by atoms with E-state index in [0.29, 0.717) is 10.7 Å². The van der Waals surface area contributed by atoms with Gasteiger partial charge in [-0.15, -0.1) is 0 Å². The smallest absolute Gasteiger partial charge is 0.426 e. The number of amides is 1. The topological polar surface area (TPSA) is 66.6 Å². The van der Waals surface area contributed by atoms with Crippen LogP contribution in [0.5, 0.6) is 0 Å². The van der Waals surface area contributed by atoms with Crippen LogP contribution in [0.2, 0.25) is 0 Å². The fourth-order valence-corrected chi connectivity index (χ4v) is 0.888. The van der Waals surface area contributed by atoms with E-state index in [1.165, 1.54) is 0 Å². The number of benzene rings is 1. The lowest BCUT2D eigenvalue weighted by atomic mass is 10.2. The number of hydrazine groups is 1. The van der Waals surface area contributed by atoms with Crippen molar-refractivity contribution in [3.05, 3.63) is 29.8 Å². The Morgan fingerprint density at radius 3 is 2.75 bits per heavy atom. The minimum Gasteiger partial charge on any atom is -0.464 e. The van der Waals surface area contributed by atoms with Gasteiger partial charge < -0.3 is 5.11 Å². The standard InChI is InChI=1S/C8H10N2O2/c1-6-3-2-4-7(5-6)10(9)8(11)12/h2-5H,9H2,1H3,(H,11,12). The third-order valence-electron chi connectivity index (χ3n) is 1.49. The molecule has 0 aliphatic rings. The molecule has 0 spiro atoms. The van der Waals surface area contributed by atoms with Gasteiger partial charge in [-0.05, 0) is 24.6 Å². The lowest BCUT2D eigenvalue weighted by molar-refractivity contribution is 0.202. The van der Waals surface area contributed by atoms with Gasteiger partial charge >= 0.3 is 6.09 Å². The zero-order valence-electron chi connectivity index (χ0n) is 6.69. The molecule has 0 atom stereocenters. The fraction of sp³-hybridized carbons (Fsp3) is 0.125. The first-order chi connectivity index (χ1) is 5.61. The van der Waals surface area contributed by atoms with Crippen molar-refractivity contribution < 1.29 is 9.90 Å². The number of rotatable bonds is 1. The minimum absolute atomic E-state index is 0.475. The Balaban J connectivity index is 2.95. The third-order valence-corrected chi connectivity index (χ3v) is 1.49. The highest BCUT2D eigenvalue weighted by Gasteiger charge is 2.07. The summed E-state index contributed by atoms with van der Waals surface area (Å²) in [7, 11) is 0. The molecule has 0 aliphatic carbocycles. The summed E-state index contributed by atoms with van der Waals surface area (Å²) in [5, 5.41) is 9.21. The first-order valence-electron chi connectivity index (χ1n) is 3.45. The molecule has 0 bridgehead atoms. The van der Waals surface area contributed by atoms with Crippen LogP contribution in [0.4, 0.5) is 10.5 Å². The van der Waals surface area contributed by atoms with Gasteiger partial charge in [-0.1, -0.05) is 12.1 Å². The van der Waals surface area contributed by atoms with Gasteiger partial charge in [0, 0.05) is 0 Å². The Labute approximate surface area is 70.2 Å². The quantitative estimate of drug-likeness (QED) is 0.376. The van der Waals surface area contributed by atoms with Gasteiger partial charge in [0.2, 0.25) is 0 Å². The summed E-state index contributed by atoms with van der Waals surface area (Å²) >= 11 is 0. The molecule has 0 saturated heterocycles. The van der Waals surface area contributed by atoms with Gasteiger partial charge in [0.1, 0.15) is 0 Å². The number of hydrogen-bond donors (Lipinski definition) is 2. The van der Waals surface area contributed by atoms with Crippen molar-refractivity contribution >= 4 is 11.8 Å². The Morgan fingerprint density at radius 2 is 2.25 bits per heavy atom. The third kappa shape index (κ3) is 1.73. The second kappa shape index (κ2) is 3.23. The number of aryl methyl sites for hydroxylation is 1. The molecular formula is C8H10N2O2. The van der Waals surface area contributed by atoms with Crippen molar-refractivity contribution in [3.63, 3.8) is 0 Å². The molecule has 64 valence electrons. The largest absolute Gasteiger partial charge is 0.464 e. The summed E-state index contributed by atoms with van der Waals surface area (Å²) in [5.74, 6) is 5.24. The Kier molecular flexibility index (Phi) is 2.30. The average molecular weight is 166 g/mol. The zero-order chi connectivity index (χ0) is 9.14. The summed E-state index contributed by atoms with van der Waals surface area (Å²) in [5.41, 5.74) is 1.45. The SMILES string of the molecule is Cc1cccc(N(N)C(=O)O)c1. The van der Waals surface area contributed by atoms with Crippen molar-refractivity contribution in [2.45, 2.75) is 6.92 Å². The van der Waals surface area contributed by atoms with Crippen LogP contribution in [-0.4, -0.2) is 11.2 Å². The molecule has 0 unspecified atom stereocenters.